The van der Waals surface area contributed by atoms with Gasteiger partial charge in [-0.2, -0.15) is 0 Å². The lowest BCUT2D eigenvalue weighted by Gasteiger charge is -2.45. The average molecular weight is 359 g/mol. The lowest BCUT2D eigenvalue weighted by Crippen LogP contribution is -2.59. The van der Waals surface area contributed by atoms with Crippen molar-refractivity contribution in [2.45, 2.75) is 38.8 Å². The highest BCUT2D eigenvalue weighted by Crippen LogP contribution is 2.31. The van der Waals surface area contributed by atoms with Crippen LogP contribution in [0.3, 0.4) is 0 Å². The summed E-state index contributed by atoms with van der Waals surface area (Å²) in [6.45, 7) is 6.84. The number of carbonyl (C=O) groups excluding carboxylic acids is 2. The maximum atomic E-state index is 12.8. The maximum absolute atomic E-state index is 12.8. The van der Waals surface area contributed by atoms with Gasteiger partial charge in [0.15, 0.2) is 0 Å². The first-order valence-corrected chi connectivity index (χ1v) is 9.48. The third-order valence-corrected chi connectivity index (χ3v) is 5.79. The van der Waals surface area contributed by atoms with Crippen LogP contribution >= 0.6 is 0 Å². The van der Waals surface area contributed by atoms with Crippen LogP contribution in [0.15, 0.2) is 24.3 Å². The van der Waals surface area contributed by atoms with Crippen LogP contribution in [0.2, 0.25) is 0 Å². The average Bonchev–Trinajstić information content (AvgIpc) is 2.97. The predicted octanol–water partition coefficient (Wildman–Crippen LogP) is 2.11. The van der Waals surface area contributed by atoms with Crippen LogP contribution < -0.4 is 10.1 Å². The Morgan fingerprint density at radius 1 is 1.27 bits per heavy atom. The molecule has 1 aromatic rings. The number of hydrogen-bond acceptors (Lipinski definition) is 4. The fourth-order valence-electron chi connectivity index (χ4n) is 3.83. The fourth-order valence-corrected chi connectivity index (χ4v) is 3.83. The summed E-state index contributed by atoms with van der Waals surface area (Å²) in [5, 5.41) is 3.44. The molecule has 3 rings (SSSR count). The van der Waals surface area contributed by atoms with E-state index in [0.29, 0.717) is 31.1 Å². The summed E-state index contributed by atoms with van der Waals surface area (Å²) in [4.78, 5) is 29.0. The zero-order valence-electron chi connectivity index (χ0n) is 16.0. The lowest BCUT2D eigenvalue weighted by atomic mass is 9.94. The van der Waals surface area contributed by atoms with Crippen LogP contribution in [0.4, 0.5) is 0 Å². The minimum absolute atomic E-state index is 0.0419. The summed E-state index contributed by atoms with van der Waals surface area (Å²) in [5.41, 5.74) is 0.394. The lowest BCUT2D eigenvalue weighted by molar-refractivity contribution is -0.132. The molecule has 1 aromatic carbocycles. The molecular weight excluding hydrogens is 330 g/mol. The van der Waals surface area contributed by atoms with E-state index in [2.05, 4.69) is 19.2 Å². The van der Waals surface area contributed by atoms with Gasteiger partial charge in [0.2, 0.25) is 5.91 Å². The minimum Gasteiger partial charge on any atom is -0.497 e. The van der Waals surface area contributed by atoms with Gasteiger partial charge < -0.3 is 14.5 Å². The summed E-state index contributed by atoms with van der Waals surface area (Å²) in [5.74, 6) is 1.45. The van der Waals surface area contributed by atoms with Crippen LogP contribution in [0.1, 0.15) is 43.5 Å². The van der Waals surface area contributed by atoms with Crippen LogP contribution in [-0.2, 0) is 4.79 Å². The highest BCUT2D eigenvalue weighted by atomic mass is 16.5. The number of hydrogen-bond donors (Lipinski definition) is 1. The van der Waals surface area contributed by atoms with Crippen molar-refractivity contribution in [1.29, 1.82) is 0 Å². The number of amides is 2. The van der Waals surface area contributed by atoms with E-state index in [0.717, 1.165) is 31.6 Å². The Hall–Kier alpha value is -2.08. The minimum atomic E-state index is -0.281. The van der Waals surface area contributed by atoms with Gasteiger partial charge >= 0.3 is 0 Å². The van der Waals surface area contributed by atoms with Crippen molar-refractivity contribution >= 4 is 11.8 Å². The smallest absolute Gasteiger partial charge is 0.253 e. The highest BCUT2D eigenvalue weighted by molar-refractivity contribution is 5.94. The molecule has 2 heterocycles. The summed E-state index contributed by atoms with van der Waals surface area (Å²) >= 11 is 0. The van der Waals surface area contributed by atoms with Crippen LogP contribution in [0, 0.1) is 5.92 Å². The molecule has 6 heteroatoms. The zero-order valence-corrected chi connectivity index (χ0v) is 16.0. The van der Waals surface area contributed by atoms with Crippen LogP contribution in [0.5, 0.6) is 5.75 Å². The van der Waals surface area contributed by atoms with Crippen molar-refractivity contribution in [1.82, 2.24) is 15.1 Å². The Morgan fingerprint density at radius 2 is 1.92 bits per heavy atom. The Balaban J connectivity index is 1.65. The van der Waals surface area contributed by atoms with Gasteiger partial charge in [0.05, 0.1) is 19.3 Å². The Kier molecular flexibility index (Phi) is 5.51. The zero-order chi connectivity index (χ0) is 18.7. The largest absolute Gasteiger partial charge is 0.497 e. The first-order chi connectivity index (χ1) is 12.5. The van der Waals surface area contributed by atoms with Crippen LogP contribution in [-0.4, -0.2) is 60.6 Å². The molecule has 26 heavy (non-hydrogen) atoms. The number of rotatable bonds is 5. The van der Waals surface area contributed by atoms with Crippen molar-refractivity contribution < 1.29 is 14.3 Å². The monoisotopic (exact) mass is 359 g/mol. The topological polar surface area (TPSA) is 61.9 Å². The normalized spacial score (nSPS) is 20.5. The number of benzene rings is 1. The van der Waals surface area contributed by atoms with Crippen molar-refractivity contribution in [3.63, 3.8) is 0 Å². The second kappa shape index (κ2) is 7.66. The molecule has 0 radical (unpaired) electrons. The number of ether oxygens (including phenoxy) is 1. The summed E-state index contributed by atoms with van der Waals surface area (Å²) in [6.07, 6.45) is 2.61. The molecule has 1 spiro atoms. The van der Waals surface area contributed by atoms with Crippen molar-refractivity contribution in [3.8, 4) is 5.75 Å². The molecule has 2 aliphatic heterocycles. The predicted molar refractivity (Wildman–Crippen MR) is 100 cm³/mol. The van der Waals surface area contributed by atoms with Gasteiger partial charge in [0.25, 0.3) is 5.91 Å². The van der Waals surface area contributed by atoms with Gasteiger partial charge in [0.1, 0.15) is 5.75 Å². The molecule has 2 amide bonds. The van der Waals surface area contributed by atoms with E-state index in [4.69, 9.17) is 4.74 Å². The first-order valence-electron chi connectivity index (χ1n) is 9.48. The molecule has 2 fully saturated rings. The summed E-state index contributed by atoms with van der Waals surface area (Å²) in [7, 11) is 1.61. The molecule has 0 saturated carbocycles. The van der Waals surface area contributed by atoms with Gasteiger partial charge in [-0.25, -0.2) is 0 Å². The van der Waals surface area contributed by atoms with E-state index in [1.165, 1.54) is 0 Å². The second-order valence-corrected chi connectivity index (χ2v) is 7.42. The van der Waals surface area contributed by atoms with Crippen LogP contribution in [0.25, 0.3) is 0 Å². The molecule has 6 nitrogen and oxygen atoms in total. The standard InChI is InChI=1S/C20H29N3O3/c1-4-15(2)14-23-18(24)13-21-20(23)9-11-22(12-10-20)19(25)16-5-7-17(26-3)8-6-16/h5-8,15,21H,4,9-14H2,1-3H3/t15-/m1/s1. The molecule has 0 aliphatic carbocycles. The number of likely N-dealkylation sites (tertiary alicyclic amines) is 1. The number of nitrogens with zero attached hydrogens (tertiary/aromatic N) is 2. The highest BCUT2D eigenvalue weighted by Gasteiger charge is 2.47. The van der Waals surface area contributed by atoms with Crippen molar-refractivity contribution in [2.24, 2.45) is 5.92 Å². The molecule has 2 aliphatic rings. The molecule has 1 N–H and O–H groups in total. The molecule has 1 atom stereocenters. The Bertz CT molecular complexity index is 651. The third-order valence-electron chi connectivity index (χ3n) is 5.79. The van der Waals surface area contributed by atoms with Gasteiger partial charge in [-0.3, -0.25) is 14.9 Å². The molecule has 0 aromatic heterocycles. The molecule has 0 unspecified atom stereocenters. The van der Waals surface area contributed by atoms with E-state index in [-0.39, 0.29) is 17.5 Å². The number of piperidine rings is 1. The number of carbonyl (C=O) groups is 2. The summed E-state index contributed by atoms with van der Waals surface area (Å²) in [6, 6.07) is 7.23. The number of methoxy groups -OCH3 is 1. The maximum Gasteiger partial charge on any atom is 0.253 e. The molecule has 142 valence electrons. The van der Waals surface area contributed by atoms with Gasteiger partial charge in [0, 0.05) is 38.0 Å². The van der Waals surface area contributed by atoms with E-state index in [1.807, 2.05) is 21.9 Å². The summed E-state index contributed by atoms with van der Waals surface area (Å²) < 4.78 is 5.15. The Morgan fingerprint density at radius 3 is 2.50 bits per heavy atom. The molecular formula is C20H29N3O3. The van der Waals surface area contributed by atoms with Gasteiger partial charge in [-0.05, 0) is 30.2 Å². The quantitative estimate of drug-likeness (QED) is 0.875. The fraction of sp³-hybridized carbons (Fsp3) is 0.600. The third kappa shape index (κ3) is 3.56. The second-order valence-electron chi connectivity index (χ2n) is 7.42. The van der Waals surface area contributed by atoms with E-state index >= 15 is 0 Å². The van der Waals surface area contributed by atoms with Crippen molar-refractivity contribution in [2.75, 3.05) is 33.3 Å². The SMILES string of the molecule is CC[C@@H](C)CN1C(=O)CNC12CCN(C(=O)c1ccc(OC)cc1)CC2. The Labute approximate surface area is 155 Å². The van der Waals surface area contributed by atoms with Crippen molar-refractivity contribution in [3.05, 3.63) is 29.8 Å². The van der Waals surface area contributed by atoms with E-state index in [1.54, 1.807) is 19.2 Å². The van der Waals surface area contributed by atoms with Gasteiger partial charge in [-0.15, -0.1) is 0 Å². The first kappa shape index (κ1) is 18.7. The van der Waals surface area contributed by atoms with E-state index < -0.39 is 0 Å². The number of nitrogens with one attached hydrogen (secondary N) is 1. The molecule has 2 saturated heterocycles. The van der Waals surface area contributed by atoms with E-state index in [9.17, 15) is 9.59 Å². The van der Waals surface area contributed by atoms with Gasteiger partial charge in [-0.1, -0.05) is 20.3 Å². The molecule has 0 bridgehead atoms.